The van der Waals surface area contributed by atoms with Crippen molar-refractivity contribution in [1.82, 2.24) is 10.0 Å². The first-order valence-corrected chi connectivity index (χ1v) is 7.62. The monoisotopic (exact) mass is 272 g/mol. The second-order valence-corrected chi connectivity index (χ2v) is 5.93. The highest BCUT2D eigenvalue weighted by Gasteiger charge is 1.98. The molecule has 5 nitrogen and oxygen atoms in total. The van der Waals surface area contributed by atoms with Crippen molar-refractivity contribution < 1.29 is 13.2 Å². The lowest BCUT2D eigenvalue weighted by Crippen LogP contribution is -2.30. The number of hydrogen-bond acceptors (Lipinski definition) is 4. The molecule has 0 spiro atoms. The van der Waals surface area contributed by atoms with Crippen LogP contribution < -0.4 is 10.0 Å². The zero-order valence-electron chi connectivity index (χ0n) is 10.8. The van der Waals surface area contributed by atoms with Gasteiger partial charge < -0.3 is 10.1 Å². The topological polar surface area (TPSA) is 67.4 Å². The van der Waals surface area contributed by atoms with Crippen LogP contribution in [0, 0.1) is 0 Å². The Morgan fingerprint density at radius 2 is 1.72 bits per heavy atom. The molecule has 0 aromatic heterocycles. The molecular formula is C12H20N2O3S. The van der Waals surface area contributed by atoms with Crippen LogP contribution in [0.15, 0.2) is 24.3 Å². The van der Waals surface area contributed by atoms with Gasteiger partial charge in [0.2, 0.25) is 10.0 Å². The van der Waals surface area contributed by atoms with Crippen LogP contribution in [0.5, 0.6) is 0 Å². The summed E-state index contributed by atoms with van der Waals surface area (Å²) in [6.07, 6.45) is 1.15. The van der Waals surface area contributed by atoms with Gasteiger partial charge in [-0.15, -0.1) is 0 Å². The Bertz CT molecular complexity index is 443. The Hall–Kier alpha value is -0.950. The summed E-state index contributed by atoms with van der Waals surface area (Å²) in [6, 6.07) is 8.11. The molecule has 1 aromatic rings. The first kappa shape index (κ1) is 15.1. The molecule has 0 radical (unpaired) electrons. The largest absolute Gasteiger partial charge is 0.380 e. The number of ether oxygens (including phenoxy) is 1. The van der Waals surface area contributed by atoms with E-state index in [0.29, 0.717) is 19.7 Å². The summed E-state index contributed by atoms with van der Waals surface area (Å²) in [5.41, 5.74) is 2.30. The molecule has 0 aliphatic rings. The summed E-state index contributed by atoms with van der Waals surface area (Å²) in [5.74, 6) is 0. The number of methoxy groups -OCH3 is 1. The minimum Gasteiger partial charge on any atom is -0.380 e. The third-order valence-corrected chi connectivity index (χ3v) is 3.06. The van der Waals surface area contributed by atoms with Crippen LogP contribution in [0.4, 0.5) is 0 Å². The van der Waals surface area contributed by atoms with Gasteiger partial charge in [-0.05, 0) is 11.1 Å². The van der Waals surface area contributed by atoms with Crippen molar-refractivity contribution in [3.63, 3.8) is 0 Å². The zero-order valence-corrected chi connectivity index (χ0v) is 11.6. The number of sulfonamides is 1. The second-order valence-electron chi connectivity index (χ2n) is 4.09. The Balaban J connectivity index is 2.23. The van der Waals surface area contributed by atoms with Crippen LogP contribution in [0.25, 0.3) is 0 Å². The number of benzene rings is 1. The molecule has 1 aromatic carbocycles. The van der Waals surface area contributed by atoms with Crippen LogP contribution in [-0.2, 0) is 27.9 Å². The quantitative estimate of drug-likeness (QED) is 0.675. The Morgan fingerprint density at radius 3 is 2.28 bits per heavy atom. The predicted molar refractivity (Wildman–Crippen MR) is 71.7 cm³/mol. The molecule has 0 saturated carbocycles. The van der Waals surface area contributed by atoms with Gasteiger partial charge in [0.25, 0.3) is 0 Å². The molecule has 0 aliphatic carbocycles. The van der Waals surface area contributed by atoms with Gasteiger partial charge >= 0.3 is 0 Å². The third-order valence-electron chi connectivity index (χ3n) is 2.33. The number of rotatable bonds is 8. The van der Waals surface area contributed by atoms with E-state index < -0.39 is 10.0 Å². The van der Waals surface area contributed by atoms with Gasteiger partial charge in [0.15, 0.2) is 0 Å². The van der Waals surface area contributed by atoms with Crippen molar-refractivity contribution in [3.05, 3.63) is 35.4 Å². The van der Waals surface area contributed by atoms with Gasteiger partial charge in [-0.25, -0.2) is 13.1 Å². The molecule has 1 rings (SSSR count). The van der Waals surface area contributed by atoms with Crippen molar-refractivity contribution in [2.45, 2.75) is 13.2 Å². The van der Waals surface area contributed by atoms with Gasteiger partial charge in [-0.3, -0.25) is 0 Å². The van der Waals surface area contributed by atoms with Crippen LogP contribution >= 0.6 is 0 Å². The number of nitrogens with one attached hydrogen (secondary N) is 2. The standard InChI is InChI=1S/C12H20N2O3S/c1-17-10-12-5-3-11(4-6-12)9-13-7-8-14-18(2,15)16/h3-6,13-14H,7-10H2,1-2H3. The minimum atomic E-state index is -3.09. The molecule has 0 fully saturated rings. The first-order valence-electron chi connectivity index (χ1n) is 5.73. The smallest absolute Gasteiger partial charge is 0.208 e. The van der Waals surface area contributed by atoms with E-state index >= 15 is 0 Å². The molecular weight excluding hydrogens is 252 g/mol. The fraction of sp³-hybridized carbons (Fsp3) is 0.500. The molecule has 0 amide bonds. The molecule has 0 unspecified atom stereocenters. The molecule has 0 atom stereocenters. The van der Waals surface area contributed by atoms with Crippen LogP contribution in [0.1, 0.15) is 11.1 Å². The van der Waals surface area contributed by atoms with E-state index in [1.165, 1.54) is 0 Å². The van der Waals surface area contributed by atoms with E-state index in [2.05, 4.69) is 10.0 Å². The Morgan fingerprint density at radius 1 is 1.11 bits per heavy atom. The van der Waals surface area contributed by atoms with E-state index in [9.17, 15) is 8.42 Å². The minimum absolute atomic E-state index is 0.403. The lowest BCUT2D eigenvalue weighted by Gasteiger charge is -2.06. The van der Waals surface area contributed by atoms with Gasteiger partial charge in [-0.1, -0.05) is 24.3 Å². The Kier molecular flexibility index (Phi) is 6.28. The highest BCUT2D eigenvalue weighted by Crippen LogP contribution is 2.04. The van der Waals surface area contributed by atoms with Crippen molar-refractivity contribution in [3.8, 4) is 0 Å². The molecule has 6 heteroatoms. The summed E-state index contributed by atoms with van der Waals surface area (Å²) in [4.78, 5) is 0. The summed E-state index contributed by atoms with van der Waals surface area (Å²) in [7, 11) is -1.41. The summed E-state index contributed by atoms with van der Waals surface area (Å²) >= 11 is 0. The van der Waals surface area contributed by atoms with Gasteiger partial charge in [0.1, 0.15) is 0 Å². The third kappa shape index (κ3) is 6.70. The average Bonchev–Trinajstić information content (AvgIpc) is 2.30. The molecule has 102 valence electrons. The van der Waals surface area contributed by atoms with E-state index in [4.69, 9.17) is 4.74 Å². The van der Waals surface area contributed by atoms with Crippen LogP contribution in [0.2, 0.25) is 0 Å². The van der Waals surface area contributed by atoms with Gasteiger partial charge in [0.05, 0.1) is 12.9 Å². The van der Waals surface area contributed by atoms with E-state index in [-0.39, 0.29) is 0 Å². The molecule has 0 heterocycles. The average molecular weight is 272 g/mol. The van der Waals surface area contributed by atoms with Crippen LogP contribution in [0.3, 0.4) is 0 Å². The normalized spacial score (nSPS) is 11.7. The van der Waals surface area contributed by atoms with Crippen molar-refractivity contribution in [2.75, 3.05) is 26.5 Å². The molecule has 18 heavy (non-hydrogen) atoms. The van der Waals surface area contributed by atoms with E-state index in [1.54, 1.807) is 7.11 Å². The van der Waals surface area contributed by atoms with Crippen molar-refractivity contribution >= 4 is 10.0 Å². The maximum absolute atomic E-state index is 10.8. The maximum Gasteiger partial charge on any atom is 0.208 e. The lowest BCUT2D eigenvalue weighted by atomic mass is 10.1. The molecule has 0 bridgehead atoms. The molecule has 0 aliphatic heterocycles. The van der Waals surface area contributed by atoms with Crippen molar-refractivity contribution in [2.24, 2.45) is 0 Å². The van der Waals surface area contributed by atoms with Crippen molar-refractivity contribution in [1.29, 1.82) is 0 Å². The predicted octanol–water partition coefficient (Wildman–Crippen LogP) is 0.472. The SMILES string of the molecule is COCc1ccc(CNCCNS(C)(=O)=O)cc1. The summed E-state index contributed by atoms with van der Waals surface area (Å²) in [6.45, 7) is 2.35. The highest BCUT2D eigenvalue weighted by atomic mass is 32.2. The number of hydrogen-bond donors (Lipinski definition) is 2. The zero-order chi connectivity index (χ0) is 13.4. The Labute approximate surface area is 109 Å². The first-order chi connectivity index (χ1) is 8.51. The highest BCUT2D eigenvalue weighted by molar-refractivity contribution is 7.88. The fourth-order valence-electron chi connectivity index (χ4n) is 1.48. The van der Waals surface area contributed by atoms with Crippen LogP contribution in [-0.4, -0.2) is 34.9 Å². The summed E-state index contributed by atoms with van der Waals surface area (Å²) in [5, 5.41) is 3.17. The second kappa shape index (κ2) is 7.48. The fourth-order valence-corrected chi connectivity index (χ4v) is 1.95. The summed E-state index contributed by atoms with van der Waals surface area (Å²) < 4.78 is 29.1. The van der Waals surface area contributed by atoms with Gasteiger partial charge in [0, 0.05) is 26.7 Å². The van der Waals surface area contributed by atoms with Gasteiger partial charge in [-0.2, -0.15) is 0 Å². The van der Waals surface area contributed by atoms with E-state index in [1.807, 2.05) is 24.3 Å². The lowest BCUT2D eigenvalue weighted by molar-refractivity contribution is 0.185. The molecule has 0 saturated heterocycles. The maximum atomic E-state index is 10.8. The molecule has 2 N–H and O–H groups in total. The van der Waals surface area contributed by atoms with E-state index in [0.717, 1.165) is 23.9 Å².